The van der Waals surface area contributed by atoms with Crippen molar-refractivity contribution in [2.24, 2.45) is 0 Å². The molecule has 1 aromatic carbocycles. The van der Waals surface area contributed by atoms with E-state index in [4.69, 9.17) is 9.15 Å². The first kappa shape index (κ1) is 12.4. The first-order valence-electron chi connectivity index (χ1n) is 5.86. The Labute approximate surface area is 107 Å². The molecule has 2 rings (SSSR count). The summed E-state index contributed by atoms with van der Waals surface area (Å²) in [5, 5.41) is 0. The maximum absolute atomic E-state index is 5.43. The molecule has 0 saturated carbocycles. The van der Waals surface area contributed by atoms with Gasteiger partial charge in [-0.1, -0.05) is 48.6 Å². The zero-order valence-corrected chi connectivity index (χ0v) is 10.3. The Morgan fingerprint density at radius 2 is 1.89 bits per heavy atom. The third kappa shape index (κ3) is 3.47. The predicted molar refractivity (Wildman–Crippen MR) is 73.1 cm³/mol. The summed E-state index contributed by atoms with van der Waals surface area (Å²) in [5.41, 5.74) is 1.14. The second kappa shape index (κ2) is 6.62. The summed E-state index contributed by atoms with van der Waals surface area (Å²) in [7, 11) is 1.71. The normalized spacial score (nSPS) is 13.4. The van der Waals surface area contributed by atoms with Crippen molar-refractivity contribution in [1.29, 1.82) is 0 Å². The van der Waals surface area contributed by atoms with Crippen molar-refractivity contribution < 1.29 is 9.15 Å². The van der Waals surface area contributed by atoms with E-state index in [0.717, 1.165) is 11.3 Å². The Bertz CT molecular complexity index is 495. The van der Waals surface area contributed by atoms with Crippen LogP contribution in [0.1, 0.15) is 17.4 Å². The van der Waals surface area contributed by atoms with Crippen molar-refractivity contribution in [3.8, 4) is 0 Å². The Balaban J connectivity index is 1.98. The fourth-order valence-corrected chi connectivity index (χ4v) is 1.67. The molecule has 0 aliphatic rings. The van der Waals surface area contributed by atoms with Crippen molar-refractivity contribution in [2.45, 2.75) is 6.10 Å². The molecule has 2 heteroatoms. The molecule has 0 bridgehead atoms. The summed E-state index contributed by atoms with van der Waals surface area (Å²) in [6.45, 7) is 0. The van der Waals surface area contributed by atoms with E-state index in [1.165, 1.54) is 0 Å². The second-order valence-corrected chi connectivity index (χ2v) is 3.83. The van der Waals surface area contributed by atoms with Gasteiger partial charge in [-0.05, 0) is 23.8 Å². The second-order valence-electron chi connectivity index (χ2n) is 3.83. The number of hydrogen-bond acceptors (Lipinski definition) is 2. The molecule has 0 aliphatic heterocycles. The standard InChI is InChI=1S/C16H16O2/c1-17-16(14-8-3-2-4-9-14)12-6-5-10-15-11-7-13-18-15/h2-13,16H,1H3/b10-5+,12-6+. The van der Waals surface area contributed by atoms with Crippen LogP contribution < -0.4 is 0 Å². The van der Waals surface area contributed by atoms with Gasteiger partial charge in [-0.25, -0.2) is 0 Å². The summed E-state index contributed by atoms with van der Waals surface area (Å²) < 4.78 is 10.6. The van der Waals surface area contributed by atoms with Gasteiger partial charge in [0.15, 0.2) is 0 Å². The molecule has 0 aliphatic carbocycles. The highest BCUT2D eigenvalue weighted by molar-refractivity contribution is 5.44. The van der Waals surface area contributed by atoms with Gasteiger partial charge in [0, 0.05) is 7.11 Å². The van der Waals surface area contributed by atoms with Crippen LogP contribution in [0.3, 0.4) is 0 Å². The van der Waals surface area contributed by atoms with Crippen LogP contribution in [-0.4, -0.2) is 7.11 Å². The van der Waals surface area contributed by atoms with Crippen molar-refractivity contribution >= 4 is 6.08 Å². The summed E-state index contributed by atoms with van der Waals surface area (Å²) >= 11 is 0. The van der Waals surface area contributed by atoms with Gasteiger partial charge >= 0.3 is 0 Å². The first-order chi connectivity index (χ1) is 8.90. The SMILES string of the molecule is COC(/C=C/C=C/c1ccco1)c1ccccc1. The van der Waals surface area contributed by atoms with E-state index < -0.39 is 0 Å². The van der Waals surface area contributed by atoms with Crippen molar-refractivity contribution in [3.05, 3.63) is 78.3 Å². The molecule has 0 fully saturated rings. The number of benzene rings is 1. The lowest BCUT2D eigenvalue weighted by Gasteiger charge is -2.10. The fraction of sp³-hybridized carbons (Fsp3) is 0.125. The zero-order chi connectivity index (χ0) is 12.6. The maximum Gasteiger partial charge on any atom is 0.126 e. The van der Waals surface area contributed by atoms with E-state index in [1.54, 1.807) is 13.4 Å². The molecule has 0 amide bonds. The van der Waals surface area contributed by atoms with Crippen LogP contribution in [0.25, 0.3) is 6.08 Å². The molecule has 2 nitrogen and oxygen atoms in total. The van der Waals surface area contributed by atoms with Gasteiger partial charge in [0.25, 0.3) is 0 Å². The highest BCUT2D eigenvalue weighted by Crippen LogP contribution is 2.17. The molecule has 1 unspecified atom stereocenters. The van der Waals surface area contributed by atoms with Crippen LogP contribution in [0.5, 0.6) is 0 Å². The quantitative estimate of drug-likeness (QED) is 0.729. The van der Waals surface area contributed by atoms with Crippen molar-refractivity contribution in [1.82, 2.24) is 0 Å². The van der Waals surface area contributed by atoms with Crippen LogP contribution in [0.15, 0.2) is 71.4 Å². The molecule has 2 aromatic rings. The molecule has 0 saturated heterocycles. The van der Waals surface area contributed by atoms with E-state index in [2.05, 4.69) is 12.1 Å². The van der Waals surface area contributed by atoms with E-state index in [9.17, 15) is 0 Å². The molecule has 92 valence electrons. The van der Waals surface area contributed by atoms with Crippen LogP contribution in [0.4, 0.5) is 0 Å². The van der Waals surface area contributed by atoms with Crippen LogP contribution in [-0.2, 0) is 4.74 Å². The van der Waals surface area contributed by atoms with Gasteiger partial charge in [0.1, 0.15) is 11.9 Å². The minimum atomic E-state index is -0.0209. The number of hydrogen-bond donors (Lipinski definition) is 0. The van der Waals surface area contributed by atoms with Gasteiger partial charge in [-0.3, -0.25) is 0 Å². The van der Waals surface area contributed by atoms with Gasteiger partial charge in [-0.2, -0.15) is 0 Å². The smallest absolute Gasteiger partial charge is 0.126 e. The molecule has 18 heavy (non-hydrogen) atoms. The number of methoxy groups -OCH3 is 1. The number of rotatable bonds is 5. The van der Waals surface area contributed by atoms with E-state index >= 15 is 0 Å². The summed E-state index contributed by atoms with van der Waals surface area (Å²) in [6.07, 6.45) is 9.46. The molecule has 0 spiro atoms. The third-order valence-corrected chi connectivity index (χ3v) is 2.58. The average Bonchev–Trinajstić information content (AvgIpc) is 2.93. The third-order valence-electron chi connectivity index (χ3n) is 2.58. The van der Waals surface area contributed by atoms with Crippen LogP contribution in [0, 0.1) is 0 Å². The molecule has 1 aromatic heterocycles. The Morgan fingerprint density at radius 1 is 1.06 bits per heavy atom. The minimum Gasteiger partial charge on any atom is -0.465 e. The van der Waals surface area contributed by atoms with Crippen LogP contribution in [0.2, 0.25) is 0 Å². The summed E-state index contributed by atoms with van der Waals surface area (Å²) in [4.78, 5) is 0. The molecule has 0 radical (unpaired) electrons. The van der Waals surface area contributed by atoms with E-state index in [-0.39, 0.29) is 6.10 Å². The average molecular weight is 240 g/mol. The lowest BCUT2D eigenvalue weighted by atomic mass is 10.1. The Morgan fingerprint density at radius 3 is 2.56 bits per heavy atom. The monoisotopic (exact) mass is 240 g/mol. The van der Waals surface area contributed by atoms with Gasteiger partial charge in [0.2, 0.25) is 0 Å². The van der Waals surface area contributed by atoms with Crippen molar-refractivity contribution in [3.63, 3.8) is 0 Å². The molecular weight excluding hydrogens is 224 g/mol. The largest absolute Gasteiger partial charge is 0.465 e. The van der Waals surface area contributed by atoms with Crippen molar-refractivity contribution in [2.75, 3.05) is 7.11 Å². The van der Waals surface area contributed by atoms with Gasteiger partial charge in [-0.15, -0.1) is 0 Å². The highest BCUT2D eigenvalue weighted by Gasteiger charge is 2.03. The van der Waals surface area contributed by atoms with Crippen LogP contribution >= 0.6 is 0 Å². The molecule has 1 atom stereocenters. The Hall–Kier alpha value is -2.06. The van der Waals surface area contributed by atoms with E-state index in [1.807, 2.05) is 54.6 Å². The van der Waals surface area contributed by atoms with E-state index in [0.29, 0.717) is 0 Å². The van der Waals surface area contributed by atoms with Gasteiger partial charge in [0.05, 0.1) is 6.26 Å². The first-order valence-corrected chi connectivity index (χ1v) is 5.86. The number of allylic oxidation sites excluding steroid dienone is 2. The topological polar surface area (TPSA) is 22.4 Å². The highest BCUT2D eigenvalue weighted by atomic mass is 16.5. The number of furan rings is 1. The summed E-state index contributed by atoms with van der Waals surface area (Å²) in [6, 6.07) is 13.9. The Kier molecular flexibility index (Phi) is 4.56. The zero-order valence-electron chi connectivity index (χ0n) is 10.3. The van der Waals surface area contributed by atoms with Gasteiger partial charge < -0.3 is 9.15 Å². The minimum absolute atomic E-state index is 0.0209. The summed E-state index contributed by atoms with van der Waals surface area (Å²) in [5.74, 6) is 0.841. The fourth-order valence-electron chi connectivity index (χ4n) is 1.67. The number of ether oxygens (including phenoxy) is 1. The molecule has 1 heterocycles. The molecule has 0 N–H and O–H groups in total. The maximum atomic E-state index is 5.43. The molecular formula is C16H16O2. The lowest BCUT2D eigenvalue weighted by molar-refractivity contribution is 0.143. The predicted octanol–water partition coefficient (Wildman–Crippen LogP) is 4.24. The lowest BCUT2D eigenvalue weighted by Crippen LogP contribution is -1.96.